The van der Waals surface area contributed by atoms with Crippen LogP contribution >= 0.6 is 0 Å². The highest BCUT2D eigenvalue weighted by molar-refractivity contribution is 5.99. The number of carbonyl (C=O) groups excluding carboxylic acids is 2. The highest BCUT2D eigenvalue weighted by Gasteiger charge is 2.29. The van der Waals surface area contributed by atoms with Gasteiger partial charge in [0.1, 0.15) is 5.82 Å². The maximum absolute atomic E-state index is 12.6. The lowest BCUT2D eigenvalue weighted by atomic mass is 9.92. The Kier molecular flexibility index (Phi) is 4.83. The van der Waals surface area contributed by atoms with E-state index >= 15 is 0 Å². The second-order valence-corrected chi connectivity index (χ2v) is 8.46. The quantitative estimate of drug-likeness (QED) is 0.605. The van der Waals surface area contributed by atoms with E-state index in [1.807, 2.05) is 30.3 Å². The molecule has 2 aliphatic rings. The van der Waals surface area contributed by atoms with Crippen LogP contribution in [-0.2, 0) is 9.53 Å². The monoisotopic (exact) mass is 400 g/mol. The molecule has 2 fully saturated rings. The molecule has 2 aromatic carbocycles. The Balaban J connectivity index is 1.41. The maximum Gasteiger partial charge on any atom is 0.228 e. The number of aryl methyl sites for hydroxylation is 1. The fourth-order valence-corrected chi connectivity index (χ4v) is 3.84. The molecule has 1 saturated carbocycles. The minimum Gasteiger partial charge on any atom is -0.381 e. The average molecular weight is 400 g/mol. The second kappa shape index (κ2) is 7.65. The van der Waals surface area contributed by atoms with Crippen molar-refractivity contribution in [3.8, 4) is 11.1 Å². The molecule has 0 radical (unpaired) electrons. The van der Waals surface area contributed by atoms with Gasteiger partial charge in [-0.25, -0.2) is 4.98 Å². The van der Waals surface area contributed by atoms with Crippen molar-refractivity contribution in [1.82, 2.24) is 4.98 Å². The van der Waals surface area contributed by atoms with E-state index in [-0.39, 0.29) is 17.6 Å². The zero-order valence-electron chi connectivity index (χ0n) is 17.0. The van der Waals surface area contributed by atoms with Gasteiger partial charge in [0, 0.05) is 35.4 Å². The van der Waals surface area contributed by atoms with Crippen LogP contribution in [0.15, 0.2) is 48.7 Å². The Morgan fingerprint density at radius 3 is 2.63 bits per heavy atom. The molecular weight excluding hydrogens is 376 g/mol. The molecular formula is C25H24N2O3. The van der Waals surface area contributed by atoms with Gasteiger partial charge in [0.15, 0.2) is 5.78 Å². The predicted octanol–water partition coefficient (Wildman–Crippen LogP) is 4.78. The highest BCUT2D eigenvalue weighted by atomic mass is 16.5. The van der Waals surface area contributed by atoms with Gasteiger partial charge in [-0.05, 0) is 60.0 Å². The van der Waals surface area contributed by atoms with E-state index in [1.165, 1.54) is 0 Å². The van der Waals surface area contributed by atoms with Crippen LogP contribution in [0, 0.1) is 18.8 Å². The molecule has 2 heterocycles. The fourth-order valence-electron chi connectivity index (χ4n) is 3.84. The molecule has 152 valence electrons. The minimum absolute atomic E-state index is 0.0593. The lowest BCUT2D eigenvalue weighted by Crippen LogP contribution is -2.29. The molecule has 1 aliphatic carbocycles. The third-order valence-electron chi connectivity index (χ3n) is 5.97. The number of ketones is 1. The molecule has 3 aromatic rings. The summed E-state index contributed by atoms with van der Waals surface area (Å²) >= 11 is 0. The van der Waals surface area contributed by atoms with Gasteiger partial charge in [0.2, 0.25) is 5.91 Å². The van der Waals surface area contributed by atoms with Crippen molar-refractivity contribution in [3.05, 3.63) is 59.8 Å². The van der Waals surface area contributed by atoms with Crippen LogP contribution in [0.1, 0.15) is 35.2 Å². The number of rotatable bonds is 6. The van der Waals surface area contributed by atoms with Gasteiger partial charge in [-0.15, -0.1) is 0 Å². The average Bonchev–Trinajstić information content (AvgIpc) is 3.56. The Morgan fingerprint density at radius 2 is 1.90 bits per heavy atom. The lowest BCUT2D eigenvalue weighted by Gasteiger charge is -2.25. The van der Waals surface area contributed by atoms with Crippen molar-refractivity contribution in [2.24, 2.45) is 11.8 Å². The molecule has 1 aliphatic heterocycles. The van der Waals surface area contributed by atoms with E-state index < -0.39 is 0 Å². The van der Waals surface area contributed by atoms with Gasteiger partial charge < -0.3 is 10.1 Å². The van der Waals surface area contributed by atoms with Crippen LogP contribution in [0.3, 0.4) is 0 Å². The molecule has 5 rings (SSSR count). The number of amides is 1. The van der Waals surface area contributed by atoms with Crippen LogP contribution in [0.4, 0.5) is 5.82 Å². The number of Topliss-reactive ketones (excluding diaryl/α,β-unsaturated/α-hetero) is 1. The van der Waals surface area contributed by atoms with Gasteiger partial charge in [-0.1, -0.05) is 24.3 Å². The number of anilines is 1. The molecule has 0 unspecified atom stereocenters. The number of aromatic nitrogens is 1. The van der Waals surface area contributed by atoms with Crippen molar-refractivity contribution in [2.75, 3.05) is 18.5 Å². The van der Waals surface area contributed by atoms with Gasteiger partial charge in [0.05, 0.1) is 13.2 Å². The molecule has 30 heavy (non-hydrogen) atoms. The summed E-state index contributed by atoms with van der Waals surface area (Å²) in [7, 11) is 0. The van der Waals surface area contributed by atoms with Crippen molar-refractivity contribution in [3.63, 3.8) is 0 Å². The topological polar surface area (TPSA) is 68.3 Å². The minimum atomic E-state index is 0.0593. The van der Waals surface area contributed by atoms with Gasteiger partial charge in [0.25, 0.3) is 0 Å². The number of benzene rings is 2. The number of carbonyl (C=O) groups is 2. The zero-order valence-corrected chi connectivity index (χ0v) is 17.0. The van der Waals surface area contributed by atoms with E-state index in [1.54, 1.807) is 6.20 Å². The molecule has 0 atom stereocenters. The normalized spacial score (nSPS) is 16.3. The molecule has 0 bridgehead atoms. The molecule has 5 nitrogen and oxygen atoms in total. The first-order valence-corrected chi connectivity index (χ1v) is 10.5. The number of nitrogens with one attached hydrogen (secondary N) is 1. The molecule has 1 N–H and O–H groups in total. The van der Waals surface area contributed by atoms with E-state index in [4.69, 9.17) is 4.74 Å². The highest BCUT2D eigenvalue weighted by Crippen LogP contribution is 2.31. The molecule has 0 spiro atoms. The van der Waals surface area contributed by atoms with Crippen molar-refractivity contribution in [2.45, 2.75) is 26.2 Å². The first-order chi connectivity index (χ1) is 14.6. The Bertz CT molecular complexity index is 1150. The molecule has 1 amide bonds. The Labute approximate surface area is 175 Å². The van der Waals surface area contributed by atoms with Crippen molar-refractivity contribution < 1.29 is 14.3 Å². The zero-order chi connectivity index (χ0) is 20.7. The first kappa shape index (κ1) is 18.9. The number of ether oxygens (including phenoxy) is 1. The molecule has 5 heteroatoms. The summed E-state index contributed by atoms with van der Waals surface area (Å²) in [6.07, 6.45) is 4.28. The fraction of sp³-hybridized carbons (Fsp3) is 0.320. The van der Waals surface area contributed by atoms with Crippen LogP contribution in [0.2, 0.25) is 0 Å². The number of hydrogen-bond donors (Lipinski definition) is 1. The van der Waals surface area contributed by atoms with Crippen LogP contribution in [-0.4, -0.2) is 29.9 Å². The van der Waals surface area contributed by atoms with Gasteiger partial charge in [-0.2, -0.15) is 0 Å². The Morgan fingerprint density at radius 1 is 1.07 bits per heavy atom. The summed E-state index contributed by atoms with van der Waals surface area (Å²) in [5, 5.41) is 4.92. The van der Waals surface area contributed by atoms with Crippen LogP contribution in [0.5, 0.6) is 0 Å². The second-order valence-electron chi connectivity index (χ2n) is 8.46. The maximum atomic E-state index is 12.6. The third kappa shape index (κ3) is 3.85. The third-order valence-corrected chi connectivity index (χ3v) is 5.97. The van der Waals surface area contributed by atoms with Crippen LogP contribution in [0.25, 0.3) is 21.9 Å². The Hall–Kier alpha value is -3.05. The molecule has 1 saturated heterocycles. The van der Waals surface area contributed by atoms with Crippen LogP contribution < -0.4 is 5.32 Å². The van der Waals surface area contributed by atoms with E-state index in [2.05, 4.69) is 29.4 Å². The van der Waals surface area contributed by atoms with E-state index in [9.17, 15) is 9.59 Å². The summed E-state index contributed by atoms with van der Waals surface area (Å²) < 4.78 is 5.19. The summed E-state index contributed by atoms with van der Waals surface area (Å²) in [6, 6.07) is 14.0. The SMILES string of the molecule is Cc1ccc(C(=O)CC2COC2)cc1-c1ccc2cc(NC(=O)C3CC3)ncc2c1. The van der Waals surface area contributed by atoms with E-state index in [0.717, 1.165) is 45.9 Å². The standard InChI is InChI=1S/C25H24N2O3/c1-15-2-3-20(23(28)8-16-13-30-14-16)10-22(15)19-7-6-18-11-24(26-12-21(18)9-19)27-25(29)17-4-5-17/h2-3,6-7,9-12,16-17H,4-5,8,13-14H2,1H3,(H,26,27,29). The van der Waals surface area contributed by atoms with Crippen molar-refractivity contribution >= 4 is 28.3 Å². The van der Waals surface area contributed by atoms with Gasteiger partial charge in [-0.3, -0.25) is 9.59 Å². The lowest BCUT2D eigenvalue weighted by molar-refractivity contribution is -0.117. The summed E-state index contributed by atoms with van der Waals surface area (Å²) in [6.45, 7) is 3.43. The smallest absolute Gasteiger partial charge is 0.228 e. The number of pyridine rings is 1. The summed E-state index contributed by atoms with van der Waals surface area (Å²) in [5.41, 5.74) is 3.98. The number of fused-ring (bicyclic) bond motifs is 1. The van der Waals surface area contributed by atoms with E-state index in [0.29, 0.717) is 31.4 Å². The predicted molar refractivity (Wildman–Crippen MR) is 117 cm³/mol. The number of hydrogen-bond acceptors (Lipinski definition) is 4. The van der Waals surface area contributed by atoms with Gasteiger partial charge >= 0.3 is 0 Å². The summed E-state index contributed by atoms with van der Waals surface area (Å²) in [4.78, 5) is 29.0. The molecule has 1 aromatic heterocycles. The first-order valence-electron chi connectivity index (χ1n) is 10.5. The van der Waals surface area contributed by atoms with Crippen molar-refractivity contribution in [1.29, 1.82) is 0 Å². The largest absolute Gasteiger partial charge is 0.381 e. The number of nitrogens with zero attached hydrogens (tertiary/aromatic N) is 1. The summed E-state index contributed by atoms with van der Waals surface area (Å²) in [5.74, 6) is 1.33.